The van der Waals surface area contributed by atoms with E-state index in [1.54, 1.807) is 11.3 Å². The summed E-state index contributed by atoms with van der Waals surface area (Å²) in [6.45, 7) is 0. The molecule has 1 nitrogen and oxygen atoms in total. The van der Waals surface area contributed by atoms with Crippen molar-refractivity contribution in [1.82, 2.24) is 4.98 Å². The van der Waals surface area contributed by atoms with Gasteiger partial charge in [0.15, 0.2) is 3.95 Å². The lowest BCUT2D eigenvalue weighted by Crippen LogP contribution is -1.78. The van der Waals surface area contributed by atoms with Crippen LogP contribution >= 0.6 is 39.5 Å². The zero-order chi connectivity index (χ0) is 13.2. The van der Waals surface area contributed by atoms with E-state index in [1.807, 2.05) is 6.20 Å². The van der Waals surface area contributed by atoms with Crippen molar-refractivity contribution in [3.8, 4) is 21.6 Å². The van der Waals surface area contributed by atoms with Gasteiger partial charge in [-0.15, -0.1) is 11.3 Å². The van der Waals surface area contributed by atoms with Crippen LogP contribution in [0.1, 0.15) is 0 Å². The third-order valence-corrected chi connectivity index (χ3v) is 4.64. The van der Waals surface area contributed by atoms with Crippen LogP contribution in [0.25, 0.3) is 21.6 Å². The zero-order valence-corrected chi connectivity index (χ0v) is 13.1. The van der Waals surface area contributed by atoms with Gasteiger partial charge in [0, 0.05) is 10.7 Å². The van der Waals surface area contributed by atoms with E-state index in [0.717, 1.165) is 8.43 Å². The molecule has 0 fully saturated rings. The number of H-pyrrole nitrogens is 1. The second kappa shape index (κ2) is 5.41. The maximum atomic E-state index is 5.11. The molecule has 0 atom stereocenters. The van der Waals surface area contributed by atoms with Crippen LogP contribution in [-0.2, 0) is 0 Å². The third-order valence-electron chi connectivity index (χ3n) is 2.87. The number of nitrogens with one attached hydrogen (secondary N) is 1. The predicted octanol–water partition coefficient (Wildman–Crippen LogP) is 5.90. The first-order valence-corrected chi connectivity index (χ1v) is 7.79. The Hall–Kier alpha value is -1.23. The molecule has 0 aliphatic carbocycles. The standard InChI is InChI=1S/C15H10BrNS2/c16-13-7-5-11(6-8-13)10-1-3-12(4-2-10)14-9-17-15(18)19-14/h1-9H,(H,17,18). The van der Waals surface area contributed by atoms with Crippen LogP contribution in [0.2, 0.25) is 0 Å². The lowest BCUT2D eigenvalue weighted by molar-refractivity contribution is 1.40. The maximum absolute atomic E-state index is 5.11. The Bertz CT molecular complexity index is 739. The Morgan fingerprint density at radius 3 is 1.89 bits per heavy atom. The fourth-order valence-corrected chi connectivity index (χ4v) is 3.18. The molecule has 0 aliphatic heterocycles. The normalized spacial score (nSPS) is 10.6. The Labute approximate surface area is 129 Å². The van der Waals surface area contributed by atoms with Crippen LogP contribution < -0.4 is 0 Å². The summed E-state index contributed by atoms with van der Waals surface area (Å²) in [7, 11) is 0. The van der Waals surface area contributed by atoms with Gasteiger partial charge in [-0.3, -0.25) is 0 Å². The van der Waals surface area contributed by atoms with Crippen LogP contribution in [0.4, 0.5) is 0 Å². The largest absolute Gasteiger partial charge is 0.343 e. The molecule has 2 aromatic carbocycles. The Balaban J connectivity index is 1.94. The molecule has 94 valence electrons. The van der Waals surface area contributed by atoms with Gasteiger partial charge in [-0.2, -0.15) is 0 Å². The molecule has 1 heterocycles. The molecular formula is C15H10BrNS2. The van der Waals surface area contributed by atoms with Gasteiger partial charge in [0.1, 0.15) is 0 Å². The number of benzene rings is 2. The van der Waals surface area contributed by atoms with Gasteiger partial charge < -0.3 is 4.98 Å². The molecule has 0 unspecified atom stereocenters. The van der Waals surface area contributed by atoms with Crippen molar-refractivity contribution in [2.24, 2.45) is 0 Å². The van der Waals surface area contributed by atoms with Crippen molar-refractivity contribution in [1.29, 1.82) is 0 Å². The van der Waals surface area contributed by atoms with Crippen LogP contribution in [0.3, 0.4) is 0 Å². The quantitative estimate of drug-likeness (QED) is 0.570. The van der Waals surface area contributed by atoms with E-state index in [-0.39, 0.29) is 0 Å². The van der Waals surface area contributed by atoms with Gasteiger partial charge in [0.05, 0.1) is 4.88 Å². The van der Waals surface area contributed by atoms with Gasteiger partial charge in [0.25, 0.3) is 0 Å². The molecule has 1 N–H and O–H groups in total. The minimum atomic E-state index is 0.812. The van der Waals surface area contributed by atoms with Crippen LogP contribution in [0, 0.1) is 3.95 Å². The number of hydrogen-bond acceptors (Lipinski definition) is 2. The smallest absolute Gasteiger partial charge is 0.158 e. The van der Waals surface area contributed by atoms with E-state index >= 15 is 0 Å². The number of aromatic nitrogens is 1. The highest BCUT2D eigenvalue weighted by molar-refractivity contribution is 9.10. The van der Waals surface area contributed by atoms with E-state index in [9.17, 15) is 0 Å². The molecule has 3 aromatic rings. The Morgan fingerprint density at radius 1 is 0.842 bits per heavy atom. The molecule has 0 aliphatic rings. The van der Waals surface area contributed by atoms with Gasteiger partial charge >= 0.3 is 0 Å². The molecule has 0 saturated carbocycles. The number of halogens is 1. The van der Waals surface area contributed by atoms with Gasteiger partial charge in [-0.05, 0) is 41.0 Å². The van der Waals surface area contributed by atoms with Crippen LogP contribution in [-0.4, -0.2) is 4.98 Å². The fraction of sp³-hybridized carbons (Fsp3) is 0. The average molecular weight is 348 g/mol. The van der Waals surface area contributed by atoms with Crippen LogP contribution in [0.5, 0.6) is 0 Å². The molecule has 4 heteroatoms. The summed E-state index contributed by atoms with van der Waals surface area (Å²) in [6, 6.07) is 16.9. The molecule has 0 bridgehead atoms. The molecule has 0 spiro atoms. The Kier molecular flexibility index (Phi) is 3.64. The number of aromatic amines is 1. The van der Waals surface area contributed by atoms with Crippen molar-refractivity contribution in [2.75, 3.05) is 0 Å². The molecule has 19 heavy (non-hydrogen) atoms. The monoisotopic (exact) mass is 347 g/mol. The highest BCUT2D eigenvalue weighted by Gasteiger charge is 2.01. The summed E-state index contributed by atoms with van der Waals surface area (Å²) in [5.41, 5.74) is 3.63. The SMILES string of the molecule is S=c1[nH]cc(-c2ccc(-c3ccc(Br)cc3)cc2)s1. The molecular weight excluding hydrogens is 338 g/mol. The summed E-state index contributed by atoms with van der Waals surface area (Å²) < 4.78 is 1.91. The van der Waals surface area contributed by atoms with E-state index < -0.39 is 0 Å². The molecule has 0 amide bonds. The number of rotatable bonds is 2. The summed E-state index contributed by atoms with van der Waals surface area (Å²) in [5, 5.41) is 0. The van der Waals surface area contributed by atoms with Crippen molar-refractivity contribution in [2.45, 2.75) is 0 Å². The van der Waals surface area contributed by atoms with Gasteiger partial charge in [-0.1, -0.05) is 52.3 Å². The summed E-state index contributed by atoms with van der Waals surface area (Å²) in [5.74, 6) is 0. The third kappa shape index (κ3) is 2.86. The second-order valence-corrected chi connectivity index (χ2v) is 6.76. The lowest BCUT2D eigenvalue weighted by Gasteiger charge is -2.03. The van der Waals surface area contributed by atoms with Crippen molar-refractivity contribution in [3.63, 3.8) is 0 Å². The van der Waals surface area contributed by atoms with E-state index in [4.69, 9.17) is 12.2 Å². The van der Waals surface area contributed by atoms with E-state index in [2.05, 4.69) is 69.4 Å². The first-order valence-electron chi connectivity index (χ1n) is 5.77. The van der Waals surface area contributed by atoms with E-state index in [0.29, 0.717) is 0 Å². The van der Waals surface area contributed by atoms with Gasteiger partial charge in [0.2, 0.25) is 0 Å². The first kappa shape index (κ1) is 12.8. The minimum absolute atomic E-state index is 0.812. The fourth-order valence-electron chi connectivity index (χ4n) is 1.89. The second-order valence-electron chi connectivity index (χ2n) is 4.13. The van der Waals surface area contributed by atoms with Gasteiger partial charge in [-0.25, -0.2) is 0 Å². The van der Waals surface area contributed by atoms with Crippen molar-refractivity contribution >= 4 is 39.5 Å². The Morgan fingerprint density at radius 2 is 1.37 bits per heavy atom. The first-order chi connectivity index (χ1) is 9.22. The minimum Gasteiger partial charge on any atom is -0.343 e. The molecule has 3 rings (SSSR count). The highest BCUT2D eigenvalue weighted by atomic mass is 79.9. The van der Waals surface area contributed by atoms with E-state index in [1.165, 1.54) is 21.6 Å². The number of hydrogen-bond donors (Lipinski definition) is 1. The van der Waals surface area contributed by atoms with Crippen molar-refractivity contribution in [3.05, 3.63) is 63.2 Å². The maximum Gasteiger partial charge on any atom is 0.158 e. The predicted molar refractivity (Wildman–Crippen MR) is 88.1 cm³/mol. The topological polar surface area (TPSA) is 15.8 Å². The van der Waals surface area contributed by atoms with Crippen LogP contribution in [0.15, 0.2) is 59.2 Å². The molecule has 0 saturated heterocycles. The zero-order valence-electron chi connectivity index (χ0n) is 9.89. The molecule has 0 radical (unpaired) electrons. The lowest BCUT2D eigenvalue weighted by atomic mass is 10.0. The number of thiazole rings is 1. The summed E-state index contributed by atoms with van der Waals surface area (Å²) in [4.78, 5) is 4.22. The highest BCUT2D eigenvalue weighted by Crippen LogP contribution is 2.28. The average Bonchev–Trinajstić information content (AvgIpc) is 2.87. The summed E-state index contributed by atoms with van der Waals surface area (Å²) >= 11 is 10.2. The van der Waals surface area contributed by atoms with Crippen molar-refractivity contribution < 1.29 is 0 Å². The summed E-state index contributed by atoms with van der Waals surface area (Å²) in [6.07, 6.45) is 1.96. The molecule has 1 aromatic heterocycles.